The van der Waals surface area contributed by atoms with Gasteiger partial charge in [0.2, 0.25) is 0 Å². The Morgan fingerprint density at radius 1 is 0.686 bits per heavy atom. The third-order valence-corrected chi connectivity index (χ3v) is 7.76. The van der Waals surface area contributed by atoms with Gasteiger partial charge in [-0.1, -0.05) is 120 Å². The lowest BCUT2D eigenvalue weighted by Gasteiger charge is -2.30. The summed E-state index contributed by atoms with van der Waals surface area (Å²) in [4.78, 5) is 0. The number of benzene rings is 2. The molecule has 35 heavy (non-hydrogen) atoms. The van der Waals surface area contributed by atoms with Gasteiger partial charge in [-0.15, -0.1) is 22.7 Å². The van der Waals surface area contributed by atoms with Gasteiger partial charge in [0.15, 0.2) is 0 Å². The van der Waals surface area contributed by atoms with Gasteiger partial charge < -0.3 is 4.72 Å². The number of nitrogens with zero attached hydrogens (tertiary/aromatic N) is 2. The Labute approximate surface area is 225 Å². The molecule has 0 radical (unpaired) electrons. The van der Waals surface area contributed by atoms with E-state index in [1.165, 1.54) is 63.4 Å². The van der Waals surface area contributed by atoms with Crippen LogP contribution < -0.4 is 4.48 Å². The van der Waals surface area contributed by atoms with Gasteiger partial charge in [-0.3, -0.25) is 4.48 Å². The van der Waals surface area contributed by atoms with Crippen LogP contribution >= 0.6 is 17.0 Å². The van der Waals surface area contributed by atoms with Crippen LogP contribution in [0.25, 0.3) is 4.72 Å². The molecule has 0 aliphatic carbocycles. The average Bonchev–Trinajstić information content (AvgIpc) is 2.80. The van der Waals surface area contributed by atoms with E-state index in [2.05, 4.69) is 50.0 Å². The third-order valence-electron chi connectivity index (χ3n) is 6.47. The van der Waals surface area contributed by atoms with E-state index >= 15 is 0 Å². The van der Waals surface area contributed by atoms with Crippen LogP contribution in [0.1, 0.15) is 89.5 Å². The van der Waals surface area contributed by atoms with Crippen LogP contribution in [-0.2, 0) is 16.6 Å². The van der Waals surface area contributed by atoms with Crippen LogP contribution in [0.2, 0.25) is 0 Å². The predicted octanol–water partition coefficient (Wildman–Crippen LogP) is 9.07. The second kappa shape index (κ2) is 17.1. The summed E-state index contributed by atoms with van der Waals surface area (Å²) in [5, 5.41) is 0. The first-order valence-electron chi connectivity index (χ1n) is 13.3. The zero-order valence-corrected chi connectivity index (χ0v) is 24.7. The van der Waals surface area contributed by atoms with Crippen LogP contribution in [0.3, 0.4) is 0 Å². The van der Waals surface area contributed by atoms with Crippen molar-refractivity contribution in [2.24, 2.45) is 0 Å². The van der Waals surface area contributed by atoms with Crippen LogP contribution in [-0.4, -0.2) is 28.3 Å². The predicted molar refractivity (Wildman–Crippen MR) is 158 cm³/mol. The highest BCUT2D eigenvalue weighted by Gasteiger charge is 2.19. The van der Waals surface area contributed by atoms with Gasteiger partial charge >= 0.3 is 0 Å². The first-order chi connectivity index (χ1) is 16.3. The molecular weight excluding hydrogens is 520 g/mol. The highest BCUT2D eigenvalue weighted by atomic mass is 79.9. The monoisotopic (exact) mass is 566 g/mol. The molecular formula is C29H47BrN2O2S. The van der Waals surface area contributed by atoms with Crippen LogP contribution in [0, 0.1) is 0 Å². The Morgan fingerprint density at radius 3 is 1.69 bits per heavy atom. The van der Waals surface area contributed by atoms with Crippen molar-refractivity contribution < 1.29 is 8.42 Å². The fourth-order valence-electron chi connectivity index (χ4n) is 4.38. The first kappa shape index (κ1) is 31.7. The Hall–Kier alpha value is -1.37. The average molecular weight is 568 g/mol. The molecule has 0 saturated carbocycles. The quantitative estimate of drug-likeness (QED) is 0.133. The molecule has 0 saturated heterocycles. The highest BCUT2D eigenvalue weighted by Crippen LogP contribution is 2.29. The summed E-state index contributed by atoms with van der Waals surface area (Å²) in [6.07, 6.45) is 14.7. The van der Waals surface area contributed by atoms with E-state index in [1.54, 1.807) is 0 Å². The summed E-state index contributed by atoms with van der Waals surface area (Å²) >= 11 is 0. The fraction of sp³-hybridized carbons (Fsp3) is 0.586. The van der Waals surface area contributed by atoms with Crippen molar-refractivity contribution >= 4 is 38.4 Å². The Balaban J connectivity index is 0.00000612. The zero-order chi connectivity index (χ0) is 24.7. The first-order valence-corrected chi connectivity index (χ1v) is 14.9. The SMILES string of the molecule is Br.CCCCCCCCCCCCCCS(=O)(=O)[N-]c1ccc([N+](C)(C)Cc2ccccc2)cc1. The number of unbranched alkanes of at least 4 members (excludes halogenated alkanes) is 11. The molecule has 4 nitrogen and oxygen atoms in total. The lowest BCUT2D eigenvalue weighted by atomic mass is 10.1. The Morgan fingerprint density at radius 2 is 1.17 bits per heavy atom. The Kier molecular flexibility index (Phi) is 15.5. The maximum atomic E-state index is 12.4. The molecule has 2 rings (SSSR count). The van der Waals surface area contributed by atoms with Gasteiger partial charge in [0.25, 0.3) is 0 Å². The second-order valence-corrected chi connectivity index (χ2v) is 11.9. The molecule has 6 heteroatoms. The standard InChI is InChI=1S/C29H46N2O2S.BrH/c1-4-5-6-7-8-9-10-11-12-13-14-18-25-34(32,33)30-28-21-23-29(24-22-28)31(2,3)26-27-19-16-15-17-20-27;/h15-17,19-24H,4-14,18,25-26H2,1-3H3;1H. The minimum Gasteiger partial charge on any atom is -0.577 e. The van der Waals surface area contributed by atoms with Gasteiger partial charge in [0, 0.05) is 11.3 Å². The van der Waals surface area contributed by atoms with Crippen LogP contribution in [0.15, 0.2) is 54.6 Å². The van der Waals surface area contributed by atoms with Gasteiger partial charge in [0.1, 0.15) is 12.2 Å². The van der Waals surface area contributed by atoms with E-state index in [0.29, 0.717) is 16.6 Å². The largest absolute Gasteiger partial charge is 0.577 e. The number of rotatable bonds is 18. The minimum absolute atomic E-state index is 0. The topological polar surface area (TPSA) is 48.2 Å². The van der Waals surface area contributed by atoms with Crippen molar-refractivity contribution in [1.82, 2.24) is 4.48 Å². The molecule has 0 aliphatic rings. The van der Waals surface area contributed by atoms with Crippen molar-refractivity contribution in [2.45, 2.75) is 90.5 Å². The molecule has 0 amide bonds. The highest BCUT2D eigenvalue weighted by molar-refractivity contribution is 8.93. The van der Waals surface area contributed by atoms with E-state index in [-0.39, 0.29) is 22.7 Å². The smallest absolute Gasteiger partial charge is 0.132 e. The van der Waals surface area contributed by atoms with E-state index in [9.17, 15) is 8.42 Å². The molecule has 0 aromatic heterocycles. The molecule has 0 fully saturated rings. The summed E-state index contributed by atoms with van der Waals surface area (Å²) in [6.45, 7) is 3.12. The van der Waals surface area contributed by atoms with Gasteiger partial charge in [0.05, 0.1) is 24.1 Å². The molecule has 0 N–H and O–H groups in total. The van der Waals surface area contributed by atoms with E-state index in [1.807, 2.05) is 30.3 Å². The molecule has 0 atom stereocenters. The van der Waals surface area contributed by atoms with Crippen molar-refractivity contribution in [3.63, 3.8) is 0 Å². The summed E-state index contributed by atoms with van der Waals surface area (Å²) in [6, 6.07) is 18.0. The molecule has 0 heterocycles. The number of halogens is 1. The van der Waals surface area contributed by atoms with Gasteiger partial charge in [-0.25, -0.2) is 8.42 Å². The Bertz CT molecular complexity index is 900. The van der Waals surface area contributed by atoms with Crippen molar-refractivity contribution in [2.75, 3.05) is 19.8 Å². The van der Waals surface area contributed by atoms with Crippen molar-refractivity contribution in [3.8, 4) is 0 Å². The zero-order valence-electron chi connectivity index (χ0n) is 22.1. The van der Waals surface area contributed by atoms with Gasteiger partial charge in [-0.05, 0) is 18.6 Å². The number of sulfonamides is 1. The lowest BCUT2D eigenvalue weighted by Crippen LogP contribution is -2.39. The van der Waals surface area contributed by atoms with E-state index in [0.717, 1.165) is 25.1 Å². The molecule has 2 aromatic carbocycles. The fourth-order valence-corrected chi connectivity index (χ4v) is 5.48. The molecule has 198 valence electrons. The maximum absolute atomic E-state index is 12.4. The summed E-state index contributed by atoms with van der Waals surface area (Å²) in [5.74, 6) is 0.141. The maximum Gasteiger partial charge on any atom is 0.132 e. The molecule has 0 spiro atoms. The minimum atomic E-state index is -3.42. The molecule has 0 bridgehead atoms. The number of hydrogen-bond donors (Lipinski definition) is 0. The van der Waals surface area contributed by atoms with Gasteiger partial charge in [-0.2, -0.15) is 0 Å². The van der Waals surface area contributed by atoms with Crippen LogP contribution in [0.4, 0.5) is 11.4 Å². The second-order valence-electron chi connectivity index (χ2n) is 10.1. The summed E-state index contributed by atoms with van der Waals surface area (Å²) in [7, 11) is 0.888. The molecule has 2 aromatic rings. The van der Waals surface area contributed by atoms with E-state index in [4.69, 9.17) is 0 Å². The van der Waals surface area contributed by atoms with Crippen LogP contribution in [0.5, 0.6) is 0 Å². The molecule has 0 aliphatic heterocycles. The number of hydrogen-bond acceptors (Lipinski definition) is 2. The van der Waals surface area contributed by atoms with E-state index < -0.39 is 10.0 Å². The summed E-state index contributed by atoms with van der Waals surface area (Å²) in [5.41, 5.74) is 2.91. The summed E-state index contributed by atoms with van der Waals surface area (Å²) < 4.78 is 29.6. The lowest BCUT2D eigenvalue weighted by molar-refractivity contribution is 0.392. The molecule has 0 unspecified atom stereocenters. The van der Waals surface area contributed by atoms with Crippen molar-refractivity contribution in [3.05, 3.63) is 64.9 Å². The normalized spacial score (nSPS) is 11.7. The number of quaternary nitrogens is 1. The van der Waals surface area contributed by atoms with Crippen molar-refractivity contribution in [1.29, 1.82) is 0 Å². The third kappa shape index (κ3) is 13.5.